The molecule has 0 saturated carbocycles. The molecule has 0 amide bonds. The molecule has 1 unspecified atom stereocenters. The topological polar surface area (TPSA) is 27.1 Å². The Morgan fingerprint density at radius 1 is 1.71 bits per heavy atom. The average molecular weight is 215 g/mol. The zero-order valence-electron chi connectivity index (χ0n) is 8.37. The van der Waals surface area contributed by atoms with Crippen LogP contribution in [0.15, 0.2) is 12.5 Å². The van der Waals surface area contributed by atoms with Gasteiger partial charge in [-0.3, -0.25) is 0 Å². The maximum Gasteiger partial charge on any atom is 0.0948 e. The SMILES string of the molecule is CC1(Cn2cncc2CCl)CCOC1. The molecular weight excluding hydrogens is 200 g/mol. The van der Waals surface area contributed by atoms with E-state index >= 15 is 0 Å². The van der Waals surface area contributed by atoms with Gasteiger partial charge < -0.3 is 9.30 Å². The minimum Gasteiger partial charge on any atom is -0.381 e. The van der Waals surface area contributed by atoms with E-state index in [1.54, 1.807) is 0 Å². The Bertz CT molecular complexity index is 305. The number of hydrogen-bond acceptors (Lipinski definition) is 2. The number of aromatic nitrogens is 2. The molecule has 1 aliphatic heterocycles. The van der Waals surface area contributed by atoms with Crippen molar-refractivity contribution in [3.05, 3.63) is 18.2 Å². The maximum absolute atomic E-state index is 5.81. The summed E-state index contributed by atoms with van der Waals surface area (Å²) in [6.45, 7) is 4.92. The second kappa shape index (κ2) is 3.91. The summed E-state index contributed by atoms with van der Waals surface area (Å²) in [5, 5.41) is 0. The number of alkyl halides is 1. The van der Waals surface area contributed by atoms with E-state index in [1.165, 1.54) is 0 Å². The van der Waals surface area contributed by atoms with Crippen LogP contribution in [0.5, 0.6) is 0 Å². The first-order valence-electron chi connectivity index (χ1n) is 4.86. The molecule has 0 N–H and O–H groups in total. The van der Waals surface area contributed by atoms with Crippen molar-refractivity contribution >= 4 is 11.6 Å². The summed E-state index contributed by atoms with van der Waals surface area (Å²) in [6, 6.07) is 0. The minimum atomic E-state index is 0.251. The predicted molar refractivity (Wildman–Crippen MR) is 55.3 cm³/mol. The first kappa shape index (κ1) is 9.99. The summed E-state index contributed by atoms with van der Waals surface area (Å²) in [5.74, 6) is 0.525. The highest BCUT2D eigenvalue weighted by atomic mass is 35.5. The minimum absolute atomic E-state index is 0.251. The number of ether oxygens (including phenoxy) is 1. The molecule has 1 aliphatic rings. The average Bonchev–Trinajstić information content (AvgIpc) is 2.75. The third-order valence-electron chi connectivity index (χ3n) is 2.79. The van der Waals surface area contributed by atoms with Gasteiger partial charge in [-0.1, -0.05) is 6.92 Å². The van der Waals surface area contributed by atoms with E-state index in [2.05, 4.69) is 16.5 Å². The van der Waals surface area contributed by atoms with Gasteiger partial charge in [0.1, 0.15) is 0 Å². The van der Waals surface area contributed by atoms with Gasteiger partial charge >= 0.3 is 0 Å². The summed E-state index contributed by atoms with van der Waals surface area (Å²) in [4.78, 5) is 4.10. The highest BCUT2D eigenvalue weighted by molar-refractivity contribution is 6.16. The molecule has 0 radical (unpaired) electrons. The Hall–Kier alpha value is -0.540. The molecule has 1 aromatic rings. The Morgan fingerprint density at radius 2 is 2.57 bits per heavy atom. The number of nitrogens with zero attached hydrogens (tertiary/aromatic N) is 2. The van der Waals surface area contributed by atoms with E-state index in [-0.39, 0.29) is 5.41 Å². The number of imidazole rings is 1. The third-order valence-corrected chi connectivity index (χ3v) is 3.06. The molecule has 1 aromatic heterocycles. The van der Waals surface area contributed by atoms with Crippen LogP contribution in [-0.4, -0.2) is 22.8 Å². The zero-order valence-corrected chi connectivity index (χ0v) is 9.13. The van der Waals surface area contributed by atoms with Gasteiger partial charge in [0.2, 0.25) is 0 Å². The predicted octanol–water partition coefficient (Wildman–Crippen LogP) is 2.05. The first-order chi connectivity index (χ1) is 6.73. The van der Waals surface area contributed by atoms with E-state index in [1.807, 2.05) is 12.5 Å². The van der Waals surface area contributed by atoms with Crippen LogP contribution in [0.3, 0.4) is 0 Å². The van der Waals surface area contributed by atoms with Gasteiger partial charge in [-0.25, -0.2) is 4.98 Å². The second-order valence-electron chi connectivity index (χ2n) is 4.26. The molecule has 14 heavy (non-hydrogen) atoms. The van der Waals surface area contributed by atoms with Crippen LogP contribution in [0.25, 0.3) is 0 Å². The normalized spacial score (nSPS) is 27.0. The fraction of sp³-hybridized carbons (Fsp3) is 0.700. The molecule has 0 aliphatic carbocycles. The van der Waals surface area contributed by atoms with Crippen molar-refractivity contribution in [3.63, 3.8) is 0 Å². The van der Waals surface area contributed by atoms with Crippen molar-refractivity contribution in [2.45, 2.75) is 25.8 Å². The van der Waals surface area contributed by atoms with E-state index in [4.69, 9.17) is 16.3 Å². The number of halogens is 1. The Labute approximate surface area is 89.0 Å². The van der Waals surface area contributed by atoms with Crippen LogP contribution in [0.1, 0.15) is 19.0 Å². The van der Waals surface area contributed by atoms with Gasteiger partial charge in [0.05, 0.1) is 24.5 Å². The molecule has 2 rings (SSSR count). The van der Waals surface area contributed by atoms with E-state index in [0.717, 1.165) is 31.9 Å². The van der Waals surface area contributed by atoms with Crippen molar-refractivity contribution in [3.8, 4) is 0 Å². The molecule has 1 atom stereocenters. The van der Waals surface area contributed by atoms with Gasteiger partial charge in [0.25, 0.3) is 0 Å². The number of rotatable bonds is 3. The molecule has 4 heteroatoms. The lowest BCUT2D eigenvalue weighted by molar-refractivity contribution is 0.149. The summed E-state index contributed by atoms with van der Waals surface area (Å²) in [6.07, 6.45) is 4.79. The summed E-state index contributed by atoms with van der Waals surface area (Å²) < 4.78 is 7.54. The summed E-state index contributed by atoms with van der Waals surface area (Å²) in [7, 11) is 0. The molecule has 0 bridgehead atoms. The first-order valence-corrected chi connectivity index (χ1v) is 5.40. The monoisotopic (exact) mass is 214 g/mol. The highest BCUT2D eigenvalue weighted by Gasteiger charge is 2.30. The van der Waals surface area contributed by atoms with Crippen molar-refractivity contribution in [1.29, 1.82) is 0 Å². The van der Waals surface area contributed by atoms with E-state index < -0.39 is 0 Å². The summed E-state index contributed by atoms with van der Waals surface area (Å²) >= 11 is 5.81. The largest absolute Gasteiger partial charge is 0.381 e. The lowest BCUT2D eigenvalue weighted by Crippen LogP contribution is -2.23. The highest BCUT2D eigenvalue weighted by Crippen LogP contribution is 2.30. The Morgan fingerprint density at radius 3 is 3.21 bits per heavy atom. The van der Waals surface area contributed by atoms with Gasteiger partial charge in [0, 0.05) is 24.8 Å². The molecular formula is C10H15ClN2O. The molecule has 2 heterocycles. The van der Waals surface area contributed by atoms with Gasteiger partial charge in [-0.05, 0) is 6.42 Å². The standard InChI is InChI=1S/C10H15ClN2O/c1-10(2-3-14-7-10)6-13-8-12-5-9(13)4-11/h5,8H,2-4,6-7H2,1H3. The molecule has 3 nitrogen and oxygen atoms in total. The fourth-order valence-corrected chi connectivity index (χ4v) is 2.07. The van der Waals surface area contributed by atoms with E-state index in [9.17, 15) is 0 Å². The maximum atomic E-state index is 5.81. The van der Waals surface area contributed by atoms with Gasteiger partial charge in [0.15, 0.2) is 0 Å². The lowest BCUT2D eigenvalue weighted by atomic mass is 9.90. The van der Waals surface area contributed by atoms with Crippen LogP contribution in [0.2, 0.25) is 0 Å². The van der Waals surface area contributed by atoms with Gasteiger partial charge in [-0.15, -0.1) is 11.6 Å². The van der Waals surface area contributed by atoms with Crippen LogP contribution in [-0.2, 0) is 17.2 Å². The number of hydrogen-bond donors (Lipinski definition) is 0. The van der Waals surface area contributed by atoms with Crippen LogP contribution in [0.4, 0.5) is 0 Å². The third kappa shape index (κ3) is 1.93. The molecule has 0 spiro atoms. The Kier molecular flexibility index (Phi) is 2.79. The smallest absolute Gasteiger partial charge is 0.0948 e. The van der Waals surface area contributed by atoms with Crippen molar-refractivity contribution in [2.75, 3.05) is 13.2 Å². The van der Waals surface area contributed by atoms with E-state index in [0.29, 0.717) is 5.88 Å². The van der Waals surface area contributed by atoms with Crippen molar-refractivity contribution in [2.24, 2.45) is 5.41 Å². The van der Waals surface area contributed by atoms with Gasteiger partial charge in [-0.2, -0.15) is 0 Å². The van der Waals surface area contributed by atoms with Crippen LogP contribution in [0, 0.1) is 5.41 Å². The van der Waals surface area contributed by atoms with Crippen LogP contribution < -0.4 is 0 Å². The second-order valence-corrected chi connectivity index (χ2v) is 4.53. The molecule has 78 valence electrons. The van der Waals surface area contributed by atoms with Crippen molar-refractivity contribution in [1.82, 2.24) is 9.55 Å². The molecule has 1 saturated heterocycles. The van der Waals surface area contributed by atoms with Crippen LogP contribution >= 0.6 is 11.6 Å². The Balaban J connectivity index is 2.09. The molecule has 0 aromatic carbocycles. The van der Waals surface area contributed by atoms with Crippen molar-refractivity contribution < 1.29 is 4.74 Å². The lowest BCUT2D eigenvalue weighted by Gasteiger charge is -2.22. The quantitative estimate of drug-likeness (QED) is 0.721. The summed E-state index contributed by atoms with van der Waals surface area (Å²) in [5.41, 5.74) is 1.33. The zero-order chi connectivity index (χ0) is 10.0. The fourth-order valence-electron chi connectivity index (χ4n) is 1.85. The molecule has 1 fully saturated rings.